The van der Waals surface area contributed by atoms with Crippen molar-refractivity contribution in [2.45, 2.75) is 32.4 Å². The van der Waals surface area contributed by atoms with Gasteiger partial charge in [-0.1, -0.05) is 17.3 Å². The Kier molecular flexibility index (Phi) is 6.23. The van der Waals surface area contributed by atoms with E-state index in [1.54, 1.807) is 13.1 Å². The number of nitrogens with zero attached hydrogens (tertiary/aromatic N) is 7. The van der Waals surface area contributed by atoms with Crippen molar-refractivity contribution in [1.82, 2.24) is 24.9 Å². The summed E-state index contributed by atoms with van der Waals surface area (Å²) in [6.07, 6.45) is 3.79. The molecule has 5 rings (SSSR count). The van der Waals surface area contributed by atoms with E-state index in [4.69, 9.17) is 9.51 Å². The van der Waals surface area contributed by atoms with Gasteiger partial charge in [-0.25, -0.2) is 4.98 Å². The fraction of sp³-hybridized carbons (Fsp3) is 0.400. The molecule has 0 spiro atoms. The average molecular weight is 458 g/mol. The zero-order valence-corrected chi connectivity index (χ0v) is 19.2. The standard InChI is InChI=1S/C25H27N7O2/c1-18(33)30-10-12-31(13-11-30)23-15-21(7-8-27-23)24-28-25(34-29-24)22-6-3-9-32(22)17-20-5-2-4-19(14-20)16-26/h2,4-5,7-8,14-15,22H,3,6,9-13,17H2,1H3. The van der Waals surface area contributed by atoms with E-state index in [2.05, 4.69) is 26.0 Å². The van der Waals surface area contributed by atoms with Crippen molar-refractivity contribution in [2.24, 2.45) is 0 Å². The van der Waals surface area contributed by atoms with E-state index in [9.17, 15) is 10.1 Å². The number of hydrogen-bond donors (Lipinski definition) is 0. The van der Waals surface area contributed by atoms with Gasteiger partial charge < -0.3 is 14.3 Å². The number of amides is 1. The number of aromatic nitrogens is 3. The molecule has 0 aliphatic carbocycles. The van der Waals surface area contributed by atoms with E-state index in [0.717, 1.165) is 56.0 Å². The summed E-state index contributed by atoms with van der Waals surface area (Å²) in [7, 11) is 0. The van der Waals surface area contributed by atoms with Gasteiger partial charge in [0, 0.05) is 51.4 Å². The summed E-state index contributed by atoms with van der Waals surface area (Å²) in [5, 5.41) is 13.4. The summed E-state index contributed by atoms with van der Waals surface area (Å²) in [5.41, 5.74) is 2.64. The molecule has 0 N–H and O–H groups in total. The number of hydrogen-bond acceptors (Lipinski definition) is 8. The van der Waals surface area contributed by atoms with Crippen LogP contribution in [0, 0.1) is 11.3 Å². The van der Waals surface area contributed by atoms with Crippen molar-refractivity contribution in [1.29, 1.82) is 5.26 Å². The number of carbonyl (C=O) groups is 1. The Bertz CT molecular complexity index is 1210. The highest BCUT2D eigenvalue weighted by Gasteiger charge is 2.31. The van der Waals surface area contributed by atoms with Crippen LogP contribution in [0.3, 0.4) is 0 Å². The van der Waals surface area contributed by atoms with Crippen molar-refractivity contribution in [3.05, 3.63) is 59.6 Å². The number of nitriles is 1. The molecule has 9 nitrogen and oxygen atoms in total. The summed E-state index contributed by atoms with van der Waals surface area (Å²) in [4.78, 5) is 27.2. The largest absolute Gasteiger partial charge is 0.353 e. The molecule has 2 aliphatic heterocycles. The number of anilines is 1. The van der Waals surface area contributed by atoms with E-state index < -0.39 is 0 Å². The second-order valence-electron chi connectivity index (χ2n) is 8.79. The van der Waals surface area contributed by atoms with E-state index in [-0.39, 0.29) is 11.9 Å². The molecular weight excluding hydrogens is 430 g/mol. The Morgan fingerprint density at radius 3 is 2.82 bits per heavy atom. The van der Waals surface area contributed by atoms with Crippen LogP contribution in [0.1, 0.15) is 42.8 Å². The second-order valence-corrected chi connectivity index (χ2v) is 8.79. The molecule has 1 aromatic carbocycles. The molecule has 4 heterocycles. The third-order valence-corrected chi connectivity index (χ3v) is 6.58. The topological polar surface area (TPSA) is 102 Å². The number of benzene rings is 1. The zero-order chi connectivity index (χ0) is 23.5. The Morgan fingerprint density at radius 2 is 2.03 bits per heavy atom. The van der Waals surface area contributed by atoms with E-state index in [1.165, 1.54) is 0 Å². The molecule has 34 heavy (non-hydrogen) atoms. The molecule has 3 aromatic rings. The van der Waals surface area contributed by atoms with Crippen LogP contribution in [0.15, 0.2) is 47.1 Å². The predicted molar refractivity (Wildman–Crippen MR) is 126 cm³/mol. The van der Waals surface area contributed by atoms with Gasteiger partial charge in [-0.3, -0.25) is 9.69 Å². The van der Waals surface area contributed by atoms with Crippen LogP contribution in [0.2, 0.25) is 0 Å². The van der Waals surface area contributed by atoms with Gasteiger partial charge in [-0.05, 0) is 49.2 Å². The number of piperazine rings is 1. The zero-order valence-electron chi connectivity index (χ0n) is 19.2. The normalized spacial score (nSPS) is 18.8. The van der Waals surface area contributed by atoms with Crippen molar-refractivity contribution < 1.29 is 9.32 Å². The van der Waals surface area contributed by atoms with Gasteiger partial charge in [0.05, 0.1) is 17.7 Å². The van der Waals surface area contributed by atoms with Crippen LogP contribution < -0.4 is 4.90 Å². The molecule has 2 saturated heterocycles. The minimum Gasteiger partial charge on any atom is -0.353 e. The van der Waals surface area contributed by atoms with E-state index in [1.807, 2.05) is 41.3 Å². The molecule has 2 aliphatic rings. The van der Waals surface area contributed by atoms with Gasteiger partial charge in [0.25, 0.3) is 0 Å². The van der Waals surface area contributed by atoms with Crippen LogP contribution in [0.5, 0.6) is 0 Å². The maximum Gasteiger partial charge on any atom is 0.244 e. The monoisotopic (exact) mass is 457 g/mol. The number of carbonyl (C=O) groups excluding carboxylic acids is 1. The number of pyridine rings is 1. The molecule has 9 heteroatoms. The minimum atomic E-state index is 0.0629. The van der Waals surface area contributed by atoms with Crippen LogP contribution in [0.4, 0.5) is 5.82 Å². The molecular formula is C25H27N7O2. The molecule has 1 amide bonds. The summed E-state index contributed by atoms with van der Waals surface area (Å²) in [5.74, 6) is 2.14. The molecule has 0 saturated carbocycles. The van der Waals surface area contributed by atoms with E-state index in [0.29, 0.717) is 30.4 Å². The van der Waals surface area contributed by atoms with E-state index >= 15 is 0 Å². The highest BCUT2D eigenvalue weighted by Crippen LogP contribution is 2.33. The van der Waals surface area contributed by atoms with Crippen molar-refractivity contribution >= 4 is 11.7 Å². The first-order chi connectivity index (χ1) is 16.6. The van der Waals surface area contributed by atoms with Crippen LogP contribution >= 0.6 is 0 Å². The number of rotatable bonds is 5. The first-order valence-electron chi connectivity index (χ1n) is 11.6. The molecule has 2 aromatic heterocycles. The lowest BCUT2D eigenvalue weighted by Gasteiger charge is -2.34. The third kappa shape index (κ3) is 4.63. The van der Waals surface area contributed by atoms with Crippen molar-refractivity contribution in [3.63, 3.8) is 0 Å². The number of likely N-dealkylation sites (tertiary alicyclic amines) is 1. The SMILES string of the molecule is CC(=O)N1CCN(c2cc(-c3noc(C4CCCN4Cc4cccc(C#N)c4)n3)ccn2)CC1. The lowest BCUT2D eigenvalue weighted by atomic mass is 10.1. The average Bonchev–Trinajstić information content (AvgIpc) is 3.54. The van der Waals surface area contributed by atoms with Crippen molar-refractivity contribution in [3.8, 4) is 17.5 Å². The molecule has 0 radical (unpaired) electrons. The highest BCUT2D eigenvalue weighted by atomic mass is 16.5. The Balaban J connectivity index is 1.29. The second kappa shape index (κ2) is 9.61. The van der Waals surface area contributed by atoms with Gasteiger partial charge in [-0.2, -0.15) is 10.2 Å². The van der Waals surface area contributed by atoms with Gasteiger partial charge in [0.15, 0.2) is 0 Å². The summed E-state index contributed by atoms with van der Waals surface area (Å²) < 4.78 is 5.71. The Labute approximate surface area is 198 Å². The first kappa shape index (κ1) is 22.0. The summed E-state index contributed by atoms with van der Waals surface area (Å²) in [6.45, 7) is 6.19. The van der Waals surface area contributed by atoms with Crippen LogP contribution in [-0.4, -0.2) is 63.6 Å². The molecule has 2 fully saturated rings. The smallest absolute Gasteiger partial charge is 0.244 e. The minimum absolute atomic E-state index is 0.0629. The molecule has 1 atom stereocenters. The van der Waals surface area contributed by atoms with Gasteiger partial charge >= 0.3 is 0 Å². The van der Waals surface area contributed by atoms with Gasteiger partial charge in [0.2, 0.25) is 17.6 Å². The van der Waals surface area contributed by atoms with Gasteiger partial charge in [-0.15, -0.1) is 0 Å². The first-order valence-corrected chi connectivity index (χ1v) is 11.6. The molecule has 174 valence electrons. The molecule has 1 unspecified atom stereocenters. The Morgan fingerprint density at radius 1 is 1.18 bits per heavy atom. The fourth-order valence-corrected chi connectivity index (χ4v) is 4.74. The lowest BCUT2D eigenvalue weighted by molar-refractivity contribution is -0.129. The predicted octanol–water partition coefficient (Wildman–Crippen LogP) is 3.01. The fourth-order valence-electron chi connectivity index (χ4n) is 4.74. The maximum atomic E-state index is 11.6. The summed E-state index contributed by atoms with van der Waals surface area (Å²) >= 11 is 0. The quantitative estimate of drug-likeness (QED) is 0.576. The van der Waals surface area contributed by atoms with Gasteiger partial charge in [0.1, 0.15) is 5.82 Å². The van der Waals surface area contributed by atoms with Crippen molar-refractivity contribution in [2.75, 3.05) is 37.6 Å². The Hall–Kier alpha value is -3.77. The molecule has 0 bridgehead atoms. The third-order valence-electron chi connectivity index (χ3n) is 6.58. The highest BCUT2D eigenvalue weighted by molar-refractivity contribution is 5.73. The summed E-state index contributed by atoms with van der Waals surface area (Å²) in [6, 6.07) is 13.9. The van der Waals surface area contributed by atoms with Crippen LogP contribution in [-0.2, 0) is 11.3 Å². The maximum absolute atomic E-state index is 11.6. The van der Waals surface area contributed by atoms with Crippen LogP contribution in [0.25, 0.3) is 11.4 Å². The lowest BCUT2D eigenvalue weighted by Crippen LogP contribution is -2.48.